The Labute approximate surface area is 101 Å². The monoisotopic (exact) mass is 240 g/mol. The average molecular weight is 240 g/mol. The van der Waals surface area contributed by atoms with Crippen LogP contribution in [0.2, 0.25) is 0 Å². The minimum Gasteiger partial charge on any atom is -0.396 e. The molecule has 0 amide bonds. The Morgan fingerprint density at radius 3 is 3.12 bits per heavy atom. The Morgan fingerprint density at radius 2 is 2.44 bits per heavy atom. The van der Waals surface area contributed by atoms with E-state index >= 15 is 0 Å². The van der Waals surface area contributed by atoms with Crippen LogP contribution >= 0.6 is 11.3 Å². The number of thiazole rings is 1. The van der Waals surface area contributed by atoms with Gasteiger partial charge in [-0.15, -0.1) is 11.3 Å². The van der Waals surface area contributed by atoms with Gasteiger partial charge in [0.25, 0.3) is 0 Å². The van der Waals surface area contributed by atoms with Gasteiger partial charge in [-0.25, -0.2) is 4.98 Å². The summed E-state index contributed by atoms with van der Waals surface area (Å²) in [5.74, 6) is 0.222. The zero-order chi connectivity index (χ0) is 11.5. The number of hydrogen-bond acceptors (Lipinski definition) is 4. The molecule has 1 N–H and O–H groups in total. The van der Waals surface area contributed by atoms with Gasteiger partial charge >= 0.3 is 0 Å². The molecule has 1 aliphatic heterocycles. The van der Waals surface area contributed by atoms with Gasteiger partial charge in [-0.05, 0) is 26.4 Å². The number of piperidine rings is 1. The van der Waals surface area contributed by atoms with Crippen LogP contribution in [-0.2, 0) is 0 Å². The maximum Gasteiger partial charge on any atom is 0.110 e. The summed E-state index contributed by atoms with van der Waals surface area (Å²) in [5.41, 5.74) is 0. The SMILES string of the molecule is CC(CO)c1cnc(C2CCCCN2C)s1. The van der Waals surface area contributed by atoms with Crippen molar-refractivity contribution in [3.05, 3.63) is 16.1 Å². The summed E-state index contributed by atoms with van der Waals surface area (Å²) in [6.45, 7) is 3.43. The topological polar surface area (TPSA) is 36.4 Å². The van der Waals surface area contributed by atoms with Crippen LogP contribution in [0, 0.1) is 0 Å². The molecule has 0 spiro atoms. The van der Waals surface area contributed by atoms with Crippen molar-refractivity contribution in [2.45, 2.75) is 38.1 Å². The average Bonchev–Trinajstić information content (AvgIpc) is 2.78. The van der Waals surface area contributed by atoms with Gasteiger partial charge in [0.2, 0.25) is 0 Å². The fourth-order valence-corrected chi connectivity index (χ4v) is 3.32. The quantitative estimate of drug-likeness (QED) is 0.881. The minimum atomic E-state index is 0.210. The molecule has 0 bridgehead atoms. The summed E-state index contributed by atoms with van der Waals surface area (Å²) >= 11 is 1.76. The second-order valence-electron chi connectivity index (χ2n) is 4.68. The summed E-state index contributed by atoms with van der Waals surface area (Å²) in [7, 11) is 2.18. The Morgan fingerprint density at radius 1 is 1.62 bits per heavy atom. The van der Waals surface area contributed by atoms with Crippen LogP contribution < -0.4 is 0 Å². The van der Waals surface area contributed by atoms with Gasteiger partial charge in [0.15, 0.2) is 0 Å². The lowest BCUT2D eigenvalue weighted by Gasteiger charge is -2.30. The second kappa shape index (κ2) is 5.25. The number of nitrogens with zero attached hydrogens (tertiary/aromatic N) is 2. The molecule has 2 atom stereocenters. The molecule has 16 heavy (non-hydrogen) atoms. The van der Waals surface area contributed by atoms with Crippen molar-refractivity contribution in [3.8, 4) is 0 Å². The van der Waals surface area contributed by atoms with E-state index in [9.17, 15) is 0 Å². The summed E-state index contributed by atoms with van der Waals surface area (Å²) in [4.78, 5) is 8.13. The lowest BCUT2D eigenvalue weighted by Crippen LogP contribution is -2.29. The Bertz CT molecular complexity index is 340. The van der Waals surface area contributed by atoms with Crippen molar-refractivity contribution in [2.75, 3.05) is 20.2 Å². The highest BCUT2D eigenvalue weighted by molar-refractivity contribution is 7.11. The van der Waals surface area contributed by atoms with Crippen molar-refractivity contribution in [1.29, 1.82) is 0 Å². The van der Waals surface area contributed by atoms with E-state index in [0.29, 0.717) is 6.04 Å². The first kappa shape index (κ1) is 12.0. The Balaban J connectivity index is 2.11. The van der Waals surface area contributed by atoms with E-state index < -0.39 is 0 Å². The molecule has 4 heteroatoms. The highest BCUT2D eigenvalue weighted by Crippen LogP contribution is 2.33. The zero-order valence-electron chi connectivity index (χ0n) is 10.0. The molecule has 2 unspecified atom stereocenters. The van der Waals surface area contributed by atoms with E-state index in [4.69, 9.17) is 5.11 Å². The molecule has 1 aromatic heterocycles. The summed E-state index contributed by atoms with van der Waals surface area (Å²) in [6, 6.07) is 0.499. The number of hydrogen-bond donors (Lipinski definition) is 1. The molecule has 0 saturated carbocycles. The fourth-order valence-electron chi connectivity index (χ4n) is 2.16. The molecular weight excluding hydrogens is 220 g/mol. The zero-order valence-corrected chi connectivity index (χ0v) is 10.8. The highest BCUT2D eigenvalue weighted by atomic mass is 32.1. The molecule has 0 aromatic carbocycles. The minimum absolute atomic E-state index is 0.210. The first-order valence-corrected chi connectivity index (χ1v) is 6.80. The summed E-state index contributed by atoms with van der Waals surface area (Å²) in [6.07, 6.45) is 5.76. The summed E-state index contributed by atoms with van der Waals surface area (Å²) < 4.78 is 0. The molecule has 0 aliphatic carbocycles. The van der Waals surface area contributed by atoms with Gasteiger partial charge < -0.3 is 5.11 Å². The van der Waals surface area contributed by atoms with E-state index in [1.54, 1.807) is 11.3 Å². The van der Waals surface area contributed by atoms with Crippen LogP contribution in [0.4, 0.5) is 0 Å². The molecule has 1 aliphatic rings. The van der Waals surface area contributed by atoms with E-state index in [-0.39, 0.29) is 12.5 Å². The van der Waals surface area contributed by atoms with E-state index in [1.807, 2.05) is 13.1 Å². The molecule has 0 radical (unpaired) electrons. The van der Waals surface area contributed by atoms with Gasteiger partial charge in [0.1, 0.15) is 5.01 Å². The van der Waals surface area contributed by atoms with Crippen LogP contribution in [0.25, 0.3) is 0 Å². The van der Waals surface area contributed by atoms with Crippen LogP contribution in [0.5, 0.6) is 0 Å². The van der Waals surface area contributed by atoms with Crippen LogP contribution in [-0.4, -0.2) is 35.2 Å². The fraction of sp³-hybridized carbons (Fsp3) is 0.750. The third kappa shape index (κ3) is 2.44. The van der Waals surface area contributed by atoms with E-state index in [2.05, 4.69) is 16.9 Å². The standard InChI is InChI=1S/C12H20N2OS/c1-9(8-15)11-7-13-12(16-11)10-5-3-4-6-14(10)2/h7,9-10,15H,3-6,8H2,1-2H3. The Kier molecular flexibility index (Phi) is 3.95. The number of aliphatic hydroxyl groups excluding tert-OH is 1. The van der Waals surface area contributed by atoms with Gasteiger partial charge in [0, 0.05) is 17.0 Å². The predicted octanol–water partition coefficient (Wildman–Crippen LogP) is 2.40. The molecule has 2 rings (SSSR count). The molecule has 3 nitrogen and oxygen atoms in total. The maximum atomic E-state index is 9.13. The first-order valence-electron chi connectivity index (χ1n) is 5.99. The van der Waals surface area contributed by atoms with Gasteiger partial charge in [-0.3, -0.25) is 4.90 Å². The smallest absolute Gasteiger partial charge is 0.110 e. The molecule has 1 saturated heterocycles. The van der Waals surface area contributed by atoms with Crippen LogP contribution in [0.3, 0.4) is 0 Å². The van der Waals surface area contributed by atoms with Crippen molar-refractivity contribution in [3.63, 3.8) is 0 Å². The van der Waals surface area contributed by atoms with Gasteiger partial charge in [-0.2, -0.15) is 0 Å². The third-order valence-electron chi connectivity index (χ3n) is 3.36. The number of aromatic nitrogens is 1. The van der Waals surface area contributed by atoms with Crippen LogP contribution in [0.15, 0.2) is 6.20 Å². The molecule has 1 fully saturated rings. The predicted molar refractivity (Wildman–Crippen MR) is 66.8 cm³/mol. The van der Waals surface area contributed by atoms with E-state index in [1.165, 1.54) is 35.7 Å². The van der Waals surface area contributed by atoms with Crippen LogP contribution in [0.1, 0.15) is 48.0 Å². The lowest BCUT2D eigenvalue weighted by atomic mass is 10.0. The van der Waals surface area contributed by atoms with Crippen molar-refractivity contribution in [1.82, 2.24) is 9.88 Å². The third-order valence-corrected chi connectivity index (χ3v) is 4.69. The molecule has 1 aromatic rings. The number of aliphatic hydroxyl groups is 1. The summed E-state index contributed by atoms with van der Waals surface area (Å²) in [5, 5.41) is 10.3. The number of rotatable bonds is 3. The second-order valence-corrected chi connectivity index (χ2v) is 5.77. The molecule has 2 heterocycles. The highest BCUT2D eigenvalue weighted by Gasteiger charge is 2.23. The normalized spacial score (nSPS) is 24.6. The van der Waals surface area contributed by atoms with Gasteiger partial charge in [0.05, 0.1) is 12.6 Å². The molecule has 90 valence electrons. The van der Waals surface area contributed by atoms with Crippen molar-refractivity contribution >= 4 is 11.3 Å². The lowest BCUT2D eigenvalue weighted by molar-refractivity contribution is 0.187. The van der Waals surface area contributed by atoms with Crippen molar-refractivity contribution in [2.24, 2.45) is 0 Å². The molecular formula is C12H20N2OS. The number of likely N-dealkylation sites (tertiary alicyclic amines) is 1. The first-order chi connectivity index (χ1) is 7.72. The Hall–Kier alpha value is -0.450. The van der Waals surface area contributed by atoms with Gasteiger partial charge in [-0.1, -0.05) is 13.3 Å². The van der Waals surface area contributed by atoms with E-state index in [0.717, 1.165) is 0 Å². The van der Waals surface area contributed by atoms with Crippen molar-refractivity contribution < 1.29 is 5.11 Å². The maximum absolute atomic E-state index is 9.13. The largest absolute Gasteiger partial charge is 0.396 e.